The summed E-state index contributed by atoms with van der Waals surface area (Å²) in [6, 6.07) is 11.6. The molecule has 2 unspecified atom stereocenters. The molecule has 1 saturated carbocycles. The normalized spacial score (nSPS) is 32.0. The second-order valence-electron chi connectivity index (χ2n) is 6.98. The fourth-order valence-corrected chi connectivity index (χ4v) is 3.55. The summed E-state index contributed by atoms with van der Waals surface area (Å²) in [6.07, 6.45) is 5.80. The molecule has 1 aromatic rings. The average molecular weight is 272 g/mol. The van der Waals surface area contributed by atoms with Crippen molar-refractivity contribution in [1.82, 2.24) is 10.2 Å². The number of piperazine rings is 1. The van der Waals surface area contributed by atoms with Crippen LogP contribution in [0.3, 0.4) is 0 Å². The lowest BCUT2D eigenvalue weighted by Crippen LogP contribution is -2.60. The number of rotatable bonds is 4. The van der Waals surface area contributed by atoms with E-state index in [4.69, 9.17) is 0 Å². The van der Waals surface area contributed by atoms with Crippen LogP contribution in [0.2, 0.25) is 0 Å². The number of benzene rings is 1. The van der Waals surface area contributed by atoms with Crippen LogP contribution in [0, 0.1) is 5.92 Å². The van der Waals surface area contributed by atoms with Crippen molar-refractivity contribution in [3.05, 3.63) is 35.9 Å². The van der Waals surface area contributed by atoms with E-state index < -0.39 is 0 Å². The molecule has 0 radical (unpaired) electrons. The molecule has 20 heavy (non-hydrogen) atoms. The van der Waals surface area contributed by atoms with Crippen LogP contribution in [0.15, 0.2) is 30.3 Å². The molecule has 110 valence electrons. The quantitative estimate of drug-likeness (QED) is 0.904. The van der Waals surface area contributed by atoms with Crippen molar-refractivity contribution in [1.29, 1.82) is 0 Å². The Morgan fingerprint density at radius 1 is 1.25 bits per heavy atom. The van der Waals surface area contributed by atoms with Crippen LogP contribution < -0.4 is 5.32 Å². The van der Waals surface area contributed by atoms with Crippen LogP contribution in [-0.2, 0) is 5.54 Å². The van der Waals surface area contributed by atoms with Crippen LogP contribution in [0.1, 0.15) is 45.1 Å². The molecule has 2 nitrogen and oxygen atoms in total. The van der Waals surface area contributed by atoms with Crippen LogP contribution >= 0.6 is 0 Å². The van der Waals surface area contributed by atoms with Gasteiger partial charge in [0.25, 0.3) is 0 Å². The maximum absolute atomic E-state index is 3.77. The Balaban J connectivity index is 1.65. The number of hydrogen-bond donors (Lipinski definition) is 1. The third kappa shape index (κ3) is 2.91. The molecule has 0 spiro atoms. The molecule has 0 amide bonds. The third-order valence-electron chi connectivity index (χ3n) is 5.39. The fourth-order valence-electron chi connectivity index (χ4n) is 3.55. The van der Waals surface area contributed by atoms with Crippen molar-refractivity contribution in [3.63, 3.8) is 0 Å². The van der Waals surface area contributed by atoms with Gasteiger partial charge in [0, 0.05) is 19.1 Å². The van der Waals surface area contributed by atoms with E-state index in [1.54, 1.807) is 0 Å². The van der Waals surface area contributed by atoms with E-state index in [1.165, 1.54) is 37.8 Å². The first kappa shape index (κ1) is 14.1. The molecule has 2 fully saturated rings. The van der Waals surface area contributed by atoms with Gasteiger partial charge in [-0.3, -0.25) is 4.90 Å². The van der Waals surface area contributed by atoms with E-state index in [0.717, 1.165) is 19.0 Å². The molecule has 3 rings (SSSR count). The summed E-state index contributed by atoms with van der Waals surface area (Å²) in [5.41, 5.74) is 1.52. The molecular formula is C18H28N2. The van der Waals surface area contributed by atoms with E-state index in [9.17, 15) is 0 Å². The molecule has 2 aliphatic rings. The topological polar surface area (TPSA) is 15.3 Å². The molecular weight excluding hydrogens is 244 g/mol. The summed E-state index contributed by atoms with van der Waals surface area (Å²) >= 11 is 0. The summed E-state index contributed by atoms with van der Waals surface area (Å²) in [4.78, 5) is 2.70. The molecule has 1 heterocycles. The summed E-state index contributed by atoms with van der Waals surface area (Å²) in [7, 11) is 0. The Kier molecular flexibility index (Phi) is 4.13. The summed E-state index contributed by atoms with van der Waals surface area (Å²) in [5.74, 6) is 1.01. The zero-order valence-corrected chi connectivity index (χ0v) is 12.9. The Morgan fingerprint density at radius 3 is 2.65 bits per heavy atom. The van der Waals surface area contributed by atoms with Crippen molar-refractivity contribution < 1.29 is 0 Å². The standard InChI is InChI=1S/C18H28N2/c1-15-13-19-18(2,17-9-4-3-5-10-17)14-20(15)12-11-16-7-6-8-16/h3-5,9-10,15-16,19H,6-8,11-14H2,1-2H3. The molecule has 1 aliphatic heterocycles. The highest BCUT2D eigenvalue weighted by Gasteiger charge is 2.35. The minimum atomic E-state index is 0.105. The minimum Gasteiger partial charge on any atom is -0.305 e. The van der Waals surface area contributed by atoms with Gasteiger partial charge in [0.1, 0.15) is 0 Å². The van der Waals surface area contributed by atoms with Crippen LogP contribution in [-0.4, -0.2) is 30.6 Å². The summed E-state index contributed by atoms with van der Waals surface area (Å²) < 4.78 is 0. The highest BCUT2D eigenvalue weighted by molar-refractivity contribution is 5.25. The second-order valence-corrected chi connectivity index (χ2v) is 6.98. The zero-order valence-electron chi connectivity index (χ0n) is 12.9. The molecule has 2 heteroatoms. The molecule has 1 aromatic carbocycles. The predicted molar refractivity (Wildman–Crippen MR) is 84.8 cm³/mol. The smallest absolute Gasteiger partial charge is 0.0535 e. The Hall–Kier alpha value is -0.860. The molecule has 1 saturated heterocycles. The van der Waals surface area contributed by atoms with E-state index in [2.05, 4.69) is 54.4 Å². The van der Waals surface area contributed by atoms with Gasteiger partial charge in [0.15, 0.2) is 0 Å². The first-order valence-corrected chi connectivity index (χ1v) is 8.22. The van der Waals surface area contributed by atoms with Gasteiger partial charge in [-0.05, 0) is 38.3 Å². The first-order valence-electron chi connectivity index (χ1n) is 8.22. The largest absolute Gasteiger partial charge is 0.305 e. The Labute approximate surface area is 123 Å². The van der Waals surface area contributed by atoms with Crippen molar-refractivity contribution >= 4 is 0 Å². The van der Waals surface area contributed by atoms with Gasteiger partial charge in [-0.15, -0.1) is 0 Å². The Morgan fingerprint density at radius 2 is 2.00 bits per heavy atom. The second kappa shape index (κ2) is 5.87. The van der Waals surface area contributed by atoms with Gasteiger partial charge in [-0.1, -0.05) is 49.6 Å². The predicted octanol–water partition coefficient (Wildman–Crippen LogP) is 3.39. The van der Waals surface area contributed by atoms with Crippen molar-refractivity contribution in [2.45, 2.75) is 51.1 Å². The Bertz CT molecular complexity index is 426. The highest BCUT2D eigenvalue weighted by Crippen LogP contribution is 2.31. The SMILES string of the molecule is CC1CNC(C)(c2ccccc2)CN1CCC1CCC1. The fraction of sp³-hybridized carbons (Fsp3) is 0.667. The highest BCUT2D eigenvalue weighted by atomic mass is 15.2. The molecule has 0 bridgehead atoms. The van der Waals surface area contributed by atoms with Gasteiger partial charge >= 0.3 is 0 Å². The van der Waals surface area contributed by atoms with E-state index in [1.807, 2.05) is 0 Å². The van der Waals surface area contributed by atoms with Crippen LogP contribution in [0.25, 0.3) is 0 Å². The lowest BCUT2D eigenvalue weighted by molar-refractivity contribution is 0.0830. The van der Waals surface area contributed by atoms with Crippen molar-refractivity contribution in [3.8, 4) is 0 Å². The zero-order chi connectivity index (χ0) is 14.0. The van der Waals surface area contributed by atoms with E-state index in [0.29, 0.717) is 6.04 Å². The van der Waals surface area contributed by atoms with Crippen molar-refractivity contribution in [2.75, 3.05) is 19.6 Å². The minimum absolute atomic E-state index is 0.105. The van der Waals surface area contributed by atoms with Gasteiger partial charge < -0.3 is 5.32 Å². The lowest BCUT2D eigenvalue weighted by atomic mass is 9.82. The summed E-state index contributed by atoms with van der Waals surface area (Å²) in [5, 5.41) is 3.77. The van der Waals surface area contributed by atoms with Gasteiger partial charge in [0.2, 0.25) is 0 Å². The summed E-state index contributed by atoms with van der Waals surface area (Å²) in [6.45, 7) is 8.21. The number of nitrogens with zero attached hydrogens (tertiary/aromatic N) is 1. The third-order valence-corrected chi connectivity index (χ3v) is 5.39. The first-order chi connectivity index (χ1) is 9.67. The van der Waals surface area contributed by atoms with Crippen LogP contribution in [0.4, 0.5) is 0 Å². The van der Waals surface area contributed by atoms with Gasteiger partial charge in [-0.2, -0.15) is 0 Å². The van der Waals surface area contributed by atoms with E-state index in [-0.39, 0.29) is 5.54 Å². The molecule has 0 aromatic heterocycles. The number of hydrogen-bond acceptors (Lipinski definition) is 2. The monoisotopic (exact) mass is 272 g/mol. The van der Waals surface area contributed by atoms with Gasteiger partial charge in [-0.25, -0.2) is 0 Å². The van der Waals surface area contributed by atoms with Crippen LogP contribution in [0.5, 0.6) is 0 Å². The van der Waals surface area contributed by atoms with E-state index >= 15 is 0 Å². The van der Waals surface area contributed by atoms with Gasteiger partial charge in [0.05, 0.1) is 5.54 Å². The molecule has 2 atom stereocenters. The number of nitrogens with one attached hydrogen (secondary N) is 1. The lowest BCUT2D eigenvalue weighted by Gasteiger charge is -2.46. The molecule has 1 aliphatic carbocycles. The average Bonchev–Trinajstić information content (AvgIpc) is 2.42. The maximum atomic E-state index is 3.77. The van der Waals surface area contributed by atoms with Crippen molar-refractivity contribution in [2.24, 2.45) is 5.92 Å². The molecule has 1 N–H and O–H groups in total. The maximum Gasteiger partial charge on any atom is 0.0535 e.